The van der Waals surface area contributed by atoms with Gasteiger partial charge in [0.1, 0.15) is 0 Å². The van der Waals surface area contributed by atoms with Gasteiger partial charge in [-0.1, -0.05) is 39.0 Å². The van der Waals surface area contributed by atoms with Crippen molar-refractivity contribution >= 4 is 18.2 Å². The standard InChI is InChI=1S/C14H26N4S/c1-3-4-8-11-17(2)13-15-16-14(19)18(13)12-9-6-5-7-10-12/h12H,3-11H2,1-2H3,(H,16,19). The number of unbranched alkanes of at least 4 members (excludes halogenated alkanes) is 2. The lowest BCUT2D eigenvalue weighted by atomic mass is 9.95. The summed E-state index contributed by atoms with van der Waals surface area (Å²) in [6.45, 7) is 3.29. The van der Waals surface area contributed by atoms with Crippen LogP contribution in [0.15, 0.2) is 0 Å². The van der Waals surface area contributed by atoms with Crippen molar-refractivity contribution in [2.75, 3.05) is 18.5 Å². The Morgan fingerprint density at radius 2 is 2.05 bits per heavy atom. The second-order valence-electron chi connectivity index (χ2n) is 5.62. The Morgan fingerprint density at radius 3 is 2.74 bits per heavy atom. The Kier molecular flexibility index (Phi) is 5.43. The molecule has 0 unspecified atom stereocenters. The van der Waals surface area contributed by atoms with Crippen LogP contribution in [0.3, 0.4) is 0 Å². The summed E-state index contributed by atoms with van der Waals surface area (Å²) in [7, 11) is 2.12. The maximum absolute atomic E-state index is 5.43. The molecule has 1 aromatic heterocycles. The highest BCUT2D eigenvalue weighted by Crippen LogP contribution is 2.31. The van der Waals surface area contributed by atoms with Crippen molar-refractivity contribution in [3.05, 3.63) is 4.77 Å². The Balaban J connectivity index is 2.09. The molecule has 1 aliphatic carbocycles. The zero-order valence-corrected chi connectivity index (χ0v) is 13.0. The first-order valence-corrected chi connectivity index (χ1v) is 8.03. The lowest BCUT2D eigenvalue weighted by Crippen LogP contribution is -2.25. The summed E-state index contributed by atoms with van der Waals surface area (Å²) in [5, 5.41) is 7.42. The van der Waals surface area contributed by atoms with Crippen LogP contribution in [0.5, 0.6) is 0 Å². The number of rotatable bonds is 6. The molecule has 0 bridgehead atoms. The molecule has 4 nitrogen and oxygen atoms in total. The summed E-state index contributed by atoms with van der Waals surface area (Å²) in [4.78, 5) is 2.25. The molecular weight excluding hydrogens is 256 g/mol. The van der Waals surface area contributed by atoms with Gasteiger partial charge in [0.05, 0.1) is 0 Å². The Bertz CT molecular complexity index is 431. The highest BCUT2D eigenvalue weighted by molar-refractivity contribution is 7.71. The number of H-pyrrole nitrogens is 1. The van der Waals surface area contributed by atoms with Gasteiger partial charge >= 0.3 is 0 Å². The van der Waals surface area contributed by atoms with Gasteiger partial charge in [0.2, 0.25) is 5.95 Å². The molecule has 5 heteroatoms. The average Bonchev–Trinajstić information content (AvgIpc) is 2.82. The van der Waals surface area contributed by atoms with E-state index in [2.05, 4.69) is 33.6 Å². The van der Waals surface area contributed by atoms with Gasteiger partial charge in [-0.3, -0.25) is 4.57 Å². The first-order valence-electron chi connectivity index (χ1n) is 7.62. The molecule has 1 aromatic rings. The molecule has 19 heavy (non-hydrogen) atoms. The van der Waals surface area contributed by atoms with Gasteiger partial charge in [-0.25, -0.2) is 5.10 Å². The number of anilines is 1. The highest BCUT2D eigenvalue weighted by atomic mass is 32.1. The minimum Gasteiger partial charge on any atom is -0.344 e. The van der Waals surface area contributed by atoms with Crippen LogP contribution in [-0.4, -0.2) is 28.4 Å². The normalized spacial score (nSPS) is 16.7. The van der Waals surface area contributed by atoms with Crippen LogP contribution in [0.2, 0.25) is 0 Å². The van der Waals surface area contributed by atoms with E-state index in [1.54, 1.807) is 0 Å². The zero-order chi connectivity index (χ0) is 13.7. The molecule has 0 atom stereocenters. The second-order valence-corrected chi connectivity index (χ2v) is 6.01. The van der Waals surface area contributed by atoms with Crippen LogP contribution in [0.1, 0.15) is 64.3 Å². The molecular formula is C14H26N4S. The molecule has 0 aliphatic heterocycles. The molecule has 2 rings (SSSR count). The van der Waals surface area contributed by atoms with E-state index in [-0.39, 0.29) is 0 Å². The van der Waals surface area contributed by atoms with E-state index in [1.165, 1.54) is 51.4 Å². The van der Waals surface area contributed by atoms with Gasteiger partial charge in [0.25, 0.3) is 0 Å². The molecule has 0 spiro atoms. The number of aromatic nitrogens is 3. The van der Waals surface area contributed by atoms with Crippen molar-refractivity contribution in [1.82, 2.24) is 14.8 Å². The molecule has 0 aromatic carbocycles. The number of nitrogens with one attached hydrogen (secondary N) is 1. The fourth-order valence-corrected chi connectivity index (χ4v) is 3.21. The third kappa shape index (κ3) is 3.59. The lowest BCUT2D eigenvalue weighted by Gasteiger charge is -2.27. The largest absolute Gasteiger partial charge is 0.344 e. The Hall–Kier alpha value is -0.840. The zero-order valence-electron chi connectivity index (χ0n) is 12.2. The van der Waals surface area contributed by atoms with E-state index in [4.69, 9.17) is 12.2 Å². The van der Waals surface area contributed by atoms with Gasteiger partial charge in [-0.2, -0.15) is 0 Å². The summed E-state index contributed by atoms with van der Waals surface area (Å²) in [6.07, 6.45) is 10.2. The fraction of sp³-hybridized carbons (Fsp3) is 0.857. The van der Waals surface area contributed by atoms with Crippen LogP contribution in [-0.2, 0) is 0 Å². The summed E-state index contributed by atoms with van der Waals surface area (Å²) in [6, 6.07) is 0.545. The van der Waals surface area contributed by atoms with Crippen LogP contribution in [0, 0.1) is 4.77 Å². The topological polar surface area (TPSA) is 36.9 Å². The third-order valence-corrected chi connectivity index (χ3v) is 4.35. The Labute approximate surface area is 121 Å². The predicted molar refractivity (Wildman–Crippen MR) is 82.3 cm³/mol. The minimum atomic E-state index is 0.545. The monoisotopic (exact) mass is 282 g/mol. The summed E-state index contributed by atoms with van der Waals surface area (Å²) >= 11 is 5.43. The SMILES string of the molecule is CCCCCN(C)c1n[nH]c(=S)n1C1CCCCC1. The van der Waals surface area contributed by atoms with Gasteiger partial charge in [-0.15, -0.1) is 5.10 Å². The second kappa shape index (κ2) is 7.08. The van der Waals surface area contributed by atoms with Gasteiger partial charge in [0, 0.05) is 19.6 Å². The smallest absolute Gasteiger partial charge is 0.225 e. The maximum Gasteiger partial charge on any atom is 0.225 e. The van der Waals surface area contributed by atoms with Gasteiger partial charge in [-0.05, 0) is 31.5 Å². The van der Waals surface area contributed by atoms with E-state index >= 15 is 0 Å². The van der Waals surface area contributed by atoms with E-state index in [0.29, 0.717) is 6.04 Å². The van der Waals surface area contributed by atoms with Gasteiger partial charge < -0.3 is 4.90 Å². The summed E-state index contributed by atoms with van der Waals surface area (Å²) in [5.74, 6) is 1.02. The highest BCUT2D eigenvalue weighted by Gasteiger charge is 2.21. The minimum absolute atomic E-state index is 0.545. The van der Waals surface area contributed by atoms with Gasteiger partial charge in [0.15, 0.2) is 4.77 Å². The molecule has 108 valence electrons. The van der Waals surface area contributed by atoms with Crippen molar-refractivity contribution in [3.63, 3.8) is 0 Å². The number of aromatic amines is 1. The van der Waals surface area contributed by atoms with Crippen LogP contribution in [0.4, 0.5) is 5.95 Å². The van der Waals surface area contributed by atoms with Crippen molar-refractivity contribution in [2.45, 2.75) is 64.3 Å². The molecule has 1 heterocycles. The fourth-order valence-electron chi connectivity index (χ4n) is 2.93. The third-order valence-electron chi connectivity index (χ3n) is 4.06. The molecule has 0 saturated heterocycles. The van der Waals surface area contributed by atoms with Crippen molar-refractivity contribution in [1.29, 1.82) is 0 Å². The average molecular weight is 282 g/mol. The Morgan fingerprint density at radius 1 is 1.32 bits per heavy atom. The van der Waals surface area contributed by atoms with E-state index in [9.17, 15) is 0 Å². The van der Waals surface area contributed by atoms with E-state index < -0.39 is 0 Å². The molecule has 1 saturated carbocycles. The van der Waals surface area contributed by atoms with Crippen molar-refractivity contribution < 1.29 is 0 Å². The summed E-state index contributed by atoms with van der Waals surface area (Å²) < 4.78 is 3.03. The van der Waals surface area contributed by atoms with Crippen LogP contribution in [0.25, 0.3) is 0 Å². The van der Waals surface area contributed by atoms with Crippen molar-refractivity contribution in [3.8, 4) is 0 Å². The van der Waals surface area contributed by atoms with E-state index in [1.807, 2.05) is 0 Å². The lowest BCUT2D eigenvalue weighted by molar-refractivity contribution is 0.350. The molecule has 1 aliphatic rings. The number of hydrogen-bond acceptors (Lipinski definition) is 3. The summed E-state index contributed by atoms with van der Waals surface area (Å²) in [5.41, 5.74) is 0. The number of hydrogen-bond donors (Lipinski definition) is 1. The van der Waals surface area contributed by atoms with Crippen LogP contribution >= 0.6 is 12.2 Å². The molecule has 1 N–H and O–H groups in total. The molecule has 0 radical (unpaired) electrons. The quantitative estimate of drug-likeness (QED) is 0.631. The maximum atomic E-state index is 5.43. The van der Waals surface area contributed by atoms with E-state index in [0.717, 1.165) is 17.3 Å². The predicted octanol–water partition coefficient (Wildman–Crippen LogP) is 4.07. The molecule has 0 amide bonds. The molecule has 1 fully saturated rings. The first-order chi connectivity index (χ1) is 9.24. The number of nitrogens with zero attached hydrogens (tertiary/aromatic N) is 3. The first kappa shape index (κ1) is 14.6. The van der Waals surface area contributed by atoms with Crippen molar-refractivity contribution in [2.24, 2.45) is 0 Å². The van der Waals surface area contributed by atoms with Crippen LogP contribution < -0.4 is 4.90 Å².